The first-order chi connectivity index (χ1) is 12.0. The number of guanidine groups is 1. The van der Waals surface area contributed by atoms with Gasteiger partial charge in [0, 0.05) is 42.8 Å². The molecule has 0 bridgehead atoms. The Morgan fingerprint density at radius 2 is 1.88 bits per heavy atom. The number of hydrogen-bond donors (Lipinski definition) is 1. The minimum absolute atomic E-state index is 0.397. The van der Waals surface area contributed by atoms with Crippen LogP contribution in [0.3, 0.4) is 0 Å². The van der Waals surface area contributed by atoms with Gasteiger partial charge in [0.05, 0.1) is 6.54 Å². The van der Waals surface area contributed by atoms with E-state index in [0.717, 1.165) is 41.2 Å². The van der Waals surface area contributed by atoms with Crippen molar-refractivity contribution in [2.45, 2.75) is 26.3 Å². The Labute approximate surface area is 157 Å². The third kappa shape index (κ3) is 4.61. The van der Waals surface area contributed by atoms with Crippen LogP contribution in [0, 0.1) is 0 Å². The van der Waals surface area contributed by atoms with E-state index in [4.69, 9.17) is 17.3 Å². The number of nitrogens with zero attached hydrogens (tertiary/aromatic N) is 5. The molecule has 0 unspecified atom stereocenters. The fourth-order valence-corrected chi connectivity index (χ4v) is 3.55. The third-order valence-corrected chi connectivity index (χ3v) is 5.61. The molecule has 1 aromatic carbocycles. The van der Waals surface area contributed by atoms with Crippen molar-refractivity contribution >= 4 is 34.6 Å². The lowest BCUT2D eigenvalue weighted by Gasteiger charge is -2.36. The van der Waals surface area contributed by atoms with Crippen LogP contribution < -0.4 is 10.6 Å². The van der Waals surface area contributed by atoms with Crippen LogP contribution in [-0.4, -0.2) is 47.2 Å². The molecule has 0 amide bonds. The Morgan fingerprint density at radius 3 is 2.48 bits per heavy atom. The quantitative estimate of drug-likeness (QED) is 0.654. The molecule has 1 saturated heterocycles. The molecule has 0 saturated carbocycles. The number of benzene rings is 1. The highest BCUT2D eigenvalue weighted by molar-refractivity contribution is 7.11. The lowest BCUT2D eigenvalue weighted by Crippen LogP contribution is -2.51. The van der Waals surface area contributed by atoms with E-state index in [2.05, 4.69) is 51.0 Å². The second-order valence-corrected chi connectivity index (χ2v) is 7.84. The third-order valence-electron chi connectivity index (χ3n) is 4.15. The molecule has 0 atom stereocenters. The number of piperazine rings is 1. The van der Waals surface area contributed by atoms with Gasteiger partial charge in [-0.05, 0) is 24.3 Å². The predicted octanol–water partition coefficient (Wildman–Crippen LogP) is 2.95. The average Bonchev–Trinajstić information content (AvgIpc) is 3.10. The standard InChI is InChI=1S/C17H23ClN6S/c1-12(2)16-22-21-15(25-16)11-20-17(19)24-9-7-23(8-10-24)14-5-3-13(18)4-6-14/h3-6,12H,7-11H2,1-2H3,(H2,19,20). The molecule has 25 heavy (non-hydrogen) atoms. The molecule has 134 valence electrons. The number of anilines is 1. The summed E-state index contributed by atoms with van der Waals surface area (Å²) < 4.78 is 0. The van der Waals surface area contributed by atoms with E-state index in [1.54, 1.807) is 11.3 Å². The summed E-state index contributed by atoms with van der Waals surface area (Å²) in [5, 5.41) is 11.1. The second kappa shape index (κ2) is 8.01. The monoisotopic (exact) mass is 378 g/mol. The smallest absolute Gasteiger partial charge is 0.191 e. The van der Waals surface area contributed by atoms with E-state index in [0.29, 0.717) is 18.4 Å². The normalized spacial score (nSPS) is 15.9. The van der Waals surface area contributed by atoms with E-state index in [9.17, 15) is 0 Å². The summed E-state index contributed by atoms with van der Waals surface area (Å²) in [7, 11) is 0. The molecule has 3 rings (SSSR count). The lowest BCUT2D eigenvalue weighted by molar-refractivity contribution is 0.380. The van der Waals surface area contributed by atoms with Crippen LogP contribution in [0.25, 0.3) is 0 Å². The van der Waals surface area contributed by atoms with Gasteiger partial charge in [0.25, 0.3) is 0 Å². The maximum absolute atomic E-state index is 6.16. The Balaban J connectivity index is 1.53. The number of aliphatic imine (C=N–C) groups is 1. The summed E-state index contributed by atoms with van der Waals surface area (Å²) in [5.74, 6) is 0.977. The summed E-state index contributed by atoms with van der Waals surface area (Å²) >= 11 is 7.56. The van der Waals surface area contributed by atoms with Gasteiger partial charge >= 0.3 is 0 Å². The molecule has 2 heterocycles. The molecule has 0 aliphatic carbocycles. The average molecular weight is 379 g/mol. The number of halogens is 1. The van der Waals surface area contributed by atoms with Crippen molar-refractivity contribution in [1.82, 2.24) is 15.1 Å². The summed E-state index contributed by atoms with van der Waals surface area (Å²) in [4.78, 5) is 8.95. The number of rotatable bonds is 4. The van der Waals surface area contributed by atoms with Crippen molar-refractivity contribution in [3.63, 3.8) is 0 Å². The molecule has 6 nitrogen and oxygen atoms in total. The van der Waals surface area contributed by atoms with Crippen LogP contribution in [0.4, 0.5) is 5.69 Å². The first-order valence-corrected chi connectivity index (χ1v) is 9.60. The Bertz CT molecular complexity index is 719. The topological polar surface area (TPSA) is 70.6 Å². The predicted molar refractivity (Wildman–Crippen MR) is 105 cm³/mol. The van der Waals surface area contributed by atoms with Crippen molar-refractivity contribution in [2.24, 2.45) is 10.7 Å². The number of hydrogen-bond acceptors (Lipinski definition) is 5. The zero-order valence-corrected chi connectivity index (χ0v) is 16.1. The molecule has 1 aliphatic heterocycles. The highest BCUT2D eigenvalue weighted by atomic mass is 35.5. The van der Waals surface area contributed by atoms with Crippen LogP contribution in [0.5, 0.6) is 0 Å². The van der Waals surface area contributed by atoms with E-state index in [1.165, 1.54) is 5.69 Å². The fourth-order valence-electron chi connectivity index (χ4n) is 2.66. The second-order valence-electron chi connectivity index (χ2n) is 6.31. The Morgan fingerprint density at radius 1 is 1.20 bits per heavy atom. The molecule has 2 aromatic rings. The first-order valence-electron chi connectivity index (χ1n) is 8.40. The molecular weight excluding hydrogens is 356 g/mol. The number of aromatic nitrogens is 2. The van der Waals surface area contributed by atoms with Crippen molar-refractivity contribution in [3.05, 3.63) is 39.3 Å². The van der Waals surface area contributed by atoms with Crippen LogP contribution in [-0.2, 0) is 6.54 Å². The van der Waals surface area contributed by atoms with Gasteiger partial charge < -0.3 is 15.5 Å². The highest BCUT2D eigenvalue weighted by Gasteiger charge is 2.18. The minimum Gasteiger partial charge on any atom is -0.370 e. The van der Waals surface area contributed by atoms with Crippen molar-refractivity contribution in [1.29, 1.82) is 0 Å². The fraction of sp³-hybridized carbons (Fsp3) is 0.471. The van der Waals surface area contributed by atoms with Gasteiger partial charge in [-0.3, -0.25) is 0 Å². The van der Waals surface area contributed by atoms with Gasteiger partial charge in [0.2, 0.25) is 0 Å². The zero-order chi connectivity index (χ0) is 17.8. The molecular formula is C17H23ClN6S. The van der Waals surface area contributed by atoms with E-state index in [-0.39, 0.29) is 0 Å². The van der Waals surface area contributed by atoms with Gasteiger partial charge in [0.1, 0.15) is 10.0 Å². The summed E-state index contributed by atoms with van der Waals surface area (Å²) in [6.45, 7) is 8.25. The summed E-state index contributed by atoms with van der Waals surface area (Å²) in [6, 6.07) is 7.95. The minimum atomic E-state index is 0.397. The van der Waals surface area contributed by atoms with Crippen molar-refractivity contribution in [2.75, 3.05) is 31.1 Å². The first kappa shape index (κ1) is 17.9. The summed E-state index contributed by atoms with van der Waals surface area (Å²) in [6.07, 6.45) is 0. The van der Waals surface area contributed by atoms with Crippen LogP contribution in [0.1, 0.15) is 29.8 Å². The largest absolute Gasteiger partial charge is 0.370 e. The van der Waals surface area contributed by atoms with Crippen LogP contribution >= 0.6 is 22.9 Å². The molecule has 2 N–H and O–H groups in total. The maximum atomic E-state index is 6.16. The van der Waals surface area contributed by atoms with Gasteiger partial charge in [0.15, 0.2) is 5.96 Å². The van der Waals surface area contributed by atoms with E-state index < -0.39 is 0 Å². The zero-order valence-electron chi connectivity index (χ0n) is 14.5. The molecule has 1 fully saturated rings. The van der Waals surface area contributed by atoms with Crippen molar-refractivity contribution in [3.8, 4) is 0 Å². The summed E-state index contributed by atoms with van der Waals surface area (Å²) in [5.41, 5.74) is 7.35. The van der Waals surface area contributed by atoms with Gasteiger partial charge in [-0.25, -0.2) is 4.99 Å². The lowest BCUT2D eigenvalue weighted by atomic mass is 10.2. The highest BCUT2D eigenvalue weighted by Crippen LogP contribution is 2.20. The van der Waals surface area contributed by atoms with Crippen molar-refractivity contribution < 1.29 is 0 Å². The molecule has 1 aliphatic rings. The van der Waals surface area contributed by atoms with Gasteiger partial charge in [-0.2, -0.15) is 0 Å². The molecule has 1 aromatic heterocycles. The Kier molecular flexibility index (Phi) is 5.75. The molecule has 0 radical (unpaired) electrons. The van der Waals surface area contributed by atoms with Gasteiger partial charge in [-0.15, -0.1) is 10.2 Å². The molecule has 0 spiro atoms. The van der Waals surface area contributed by atoms with E-state index >= 15 is 0 Å². The van der Waals surface area contributed by atoms with Crippen LogP contribution in [0.2, 0.25) is 5.02 Å². The van der Waals surface area contributed by atoms with E-state index in [1.807, 2.05) is 12.1 Å². The maximum Gasteiger partial charge on any atom is 0.191 e. The SMILES string of the molecule is CC(C)c1nnc(CN=C(N)N2CCN(c3ccc(Cl)cc3)CC2)s1. The van der Waals surface area contributed by atoms with Crippen LogP contribution in [0.15, 0.2) is 29.3 Å². The Hall–Kier alpha value is -1.86. The molecule has 8 heteroatoms. The van der Waals surface area contributed by atoms with Gasteiger partial charge in [-0.1, -0.05) is 36.8 Å². The number of nitrogens with two attached hydrogens (primary N) is 1.